The van der Waals surface area contributed by atoms with E-state index in [0.29, 0.717) is 6.04 Å². The van der Waals surface area contributed by atoms with Crippen LogP contribution in [-0.4, -0.2) is 20.7 Å². The maximum atomic E-state index is 5.73. The number of nitrogens with one attached hydrogen (secondary N) is 1. The van der Waals surface area contributed by atoms with Crippen LogP contribution in [-0.2, 0) is 0 Å². The molecule has 0 saturated carbocycles. The maximum absolute atomic E-state index is 5.73. The lowest BCUT2D eigenvalue weighted by molar-refractivity contribution is 0.274. The van der Waals surface area contributed by atoms with Gasteiger partial charge >= 0.3 is 0 Å². The summed E-state index contributed by atoms with van der Waals surface area (Å²) in [5, 5.41) is 3.67. The number of ether oxygens (including phenoxy) is 1. The molecule has 3 nitrogen and oxygen atoms in total. The zero-order valence-electron chi connectivity index (χ0n) is 12.9. The molecule has 1 atom stereocenters. The fourth-order valence-corrected chi connectivity index (χ4v) is 2.77. The number of hydrogen-bond donors (Lipinski definition) is 1. The third kappa shape index (κ3) is 2.82. The molecular weight excluding hydrogens is 260 g/mol. The molecule has 0 aromatic heterocycles. The van der Waals surface area contributed by atoms with E-state index in [1.807, 2.05) is 12.1 Å². The minimum Gasteiger partial charge on any atom is -0.493 e. The fourth-order valence-electron chi connectivity index (χ4n) is 2.77. The molecule has 1 unspecified atom stereocenters. The first-order chi connectivity index (χ1) is 10.1. The number of benzene rings is 2. The third-order valence-corrected chi connectivity index (χ3v) is 4.01. The molecule has 0 radical (unpaired) electrons. The van der Waals surface area contributed by atoms with Gasteiger partial charge in [0.25, 0.3) is 0 Å². The summed E-state index contributed by atoms with van der Waals surface area (Å²) in [6.07, 6.45) is 0.992. The quantitative estimate of drug-likeness (QED) is 0.921. The topological polar surface area (TPSA) is 24.5 Å². The number of rotatable bonds is 3. The van der Waals surface area contributed by atoms with Gasteiger partial charge in [0.2, 0.25) is 0 Å². The van der Waals surface area contributed by atoms with Crippen molar-refractivity contribution in [3.05, 3.63) is 53.6 Å². The molecule has 0 aliphatic carbocycles. The van der Waals surface area contributed by atoms with E-state index >= 15 is 0 Å². The van der Waals surface area contributed by atoms with Gasteiger partial charge in [-0.05, 0) is 36.8 Å². The third-order valence-electron chi connectivity index (χ3n) is 4.01. The van der Waals surface area contributed by atoms with Crippen LogP contribution in [0.3, 0.4) is 0 Å². The molecule has 0 spiro atoms. The second-order valence-corrected chi connectivity index (χ2v) is 5.77. The van der Waals surface area contributed by atoms with Crippen LogP contribution < -0.4 is 15.0 Å². The van der Waals surface area contributed by atoms with Crippen LogP contribution >= 0.6 is 0 Å². The van der Waals surface area contributed by atoms with Crippen LogP contribution in [0.2, 0.25) is 0 Å². The van der Waals surface area contributed by atoms with E-state index in [2.05, 4.69) is 61.6 Å². The monoisotopic (exact) mass is 282 g/mol. The van der Waals surface area contributed by atoms with Gasteiger partial charge in [-0.3, -0.25) is 0 Å². The van der Waals surface area contributed by atoms with E-state index < -0.39 is 0 Å². The van der Waals surface area contributed by atoms with Gasteiger partial charge in [-0.25, -0.2) is 0 Å². The molecule has 0 saturated heterocycles. The fraction of sp³-hybridized carbons (Fsp3) is 0.333. The average Bonchev–Trinajstić information content (AvgIpc) is 2.49. The van der Waals surface area contributed by atoms with E-state index in [4.69, 9.17) is 4.74 Å². The molecule has 21 heavy (non-hydrogen) atoms. The summed E-state index contributed by atoms with van der Waals surface area (Å²) in [5.41, 5.74) is 4.94. The smallest absolute Gasteiger partial charge is 0.124 e. The van der Waals surface area contributed by atoms with Crippen molar-refractivity contribution >= 4 is 11.4 Å². The largest absolute Gasteiger partial charge is 0.493 e. The standard InChI is InChI=1S/C18H22N2O/c1-13-12-14(20(2)3)8-9-16(13)19-17-10-11-21-18-7-5-4-6-15(17)18/h4-9,12,17,19H,10-11H2,1-3H3. The number of hydrogen-bond acceptors (Lipinski definition) is 3. The van der Waals surface area contributed by atoms with Gasteiger partial charge in [-0.15, -0.1) is 0 Å². The van der Waals surface area contributed by atoms with Crippen molar-refractivity contribution in [2.24, 2.45) is 0 Å². The molecule has 110 valence electrons. The maximum Gasteiger partial charge on any atom is 0.124 e. The first-order valence-corrected chi connectivity index (χ1v) is 7.41. The van der Waals surface area contributed by atoms with Crippen LogP contribution in [0.1, 0.15) is 23.6 Å². The van der Waals surface area contributed by atoms with Crippen molar-refractivity contribution in [2.45, 2.75) is 19.4 Å². The Morgan fingerprint density at radius 2 is 1.95 bits per heavy atom. The lowest BCUT2D eigenvalue weighted by atomic mass is 9.99. The Kier molecular flexibility index (Phi) is 3.74. The molecule has 3 rings (SSSR count). The van der Waals surface area contributed by atoms with Gasteiger partial charge in [-0.1, -0.05) is 18.2 Å². The van der Waals surface area contributed by atoms with Crippen molar-refractivity contribution in [1.29, 1.82) is 0 Å². The van der Waals surface area contributed by atoms with Crippen LogP contribution in [0.4, 0.5) is 11.4 Å². The van der Waals surface area contributed by atoms with Crippen molar-refractivity contribution in [1.82, 2.24) is 0 Å². The number of nitrogens with zero attached hydrogens (tertiary/aromatic N) is 1. The number of anilines is 2. The van der Waals surface area contributed by atoms with E-state index in [-0.39, 0.29) is 0 Å². The molecule has 1 aliphatic rings. The molecule has 2 aromatic carbocycles. The predicted molar refractivity (Wildman–Crippen MR) is 88.4 cm³/mol. The summed E-state index contributed by atoms with van der Waals surface area (Å²) in [7, 11) is 4.13. The van der Waals surface area contributed by atoms with E-state index in [1.165, 1.54) is 22.5 Å². The molecule has 1 aliphatic heterocycles. The average molecular weight is 282 g/mol. The highest BCUT2D eigenvalue weighted by molar-refractivity contribution is 5.61. The van der Waals surface area contributed by atoms with Crippen molar-refractivity contribution in [3.63, 3.8) is 0 Å². The Labute approximate surface area is 126 Å². The number of para-hydroxylation sites is 1. The molecule has 0 fully saturated rings. The first-order valence-electron chi connectivity index (χ1n) is 7.41. The zero-order valence-corrected chi connectivity index (χ0v) is 12.9. The van der Waals surface area contributed by atoms with Crippen molar-refractivity contribution < 1.29 is 4.74 Å². The Morgan fingerprint density at radius 1 is 1.14 bits per heavy atom. The lowest BCUT2D eigenvalue weighted by Gasteiger charge is -2.28. The second-order valence-electron chi connectivity index (χ2n) is 5.77. The highest BCUT2D eigenvalue weighted by Crippen LogP contribution is 2.35. The molecule has 1 N–H and O–H groups in total. The second kappa shape index (κ2) is 5.68. The molecule has 2 aromatic rings. The number of aryl methyl sites for hydroxylation is 1. The Bertz CT molecular complexity index is 637. The van der Waals surface area contributed by atoms with Crippen molar-refractivity contribution in [3.8, 4) is 5.75 Å². The summed E-state index contributed by atoms with van der Waals surface area (Å²) in [5.74, 6) is 1.00. The normalized spacial score (nSPS) is 16.8. The van der Waals surface area contributed by atoms with Gasteiger partial charge < -0.3 is 15.0 Å². The van der Waals surface area contributed by atoms with Crippen LogP contribution in [0.25, 0.3) is 0 Å². The summed E-state index contributed by atoms with van der Waals surface area (Å²) in [6, 6.07) is 15.2. The van der Waals surface area contributed by atoms with Gasteiger partial charge in [0.15, 0.2) is 0 Å². The van der Waals surface area contributed by atoms with Gasteiger partial charge in [0, 0.05) is 37.5 Å². The molecule has 0 bridgehead atoms. The van der Waals surface area contributed by atoms with Crippen molar-refractivity contribution in [2.75, 3.05) is 30.9 Å². The summed E-state index contributed by atoms with van der Waals surface area (Å²) >= 11 is 0. The number of fused-ring (bicyclic) bond motifs is 1. The van der Waals surface area contributed by atoms with Crippen LogP contribution in [0.5, 0.6) is 5.75 Å². The highest BCUT2D eigenvalue weighted by Gasteiger charge is 2.21. The first kappa shape index (κ1) is 13.8. The predicted octanol–water partition coefficient (Wildman–Crippen LogP) is 4.00. The Balaban J connectivity index is 1.85. The highest BCUT2D eigenvalue weighted by atomic mass is 16.5. The zero-order chi connectivity index (χ0) is 14.8. The summed E-state index contributed by atoms with van der Waals surface area (Å²) < 4.78 is 5.73. The summed E-state index contributed by atoms with van der Waals surface area (Å²) in [6.45, 7) is 2.92. The van der Waals surface area contributed by atoms with Crippen LogP contribution in [0.15, 0.2) is 42.5 Å². The SMILES string of the molecule is Cc1cc(N(C)C)ccc1NC1CCOc2ccccc21. The Morgan fingerprint density at radius 3 is 2.71 bits per heavy atom. The lowest BCUT2D eigenvalue weighted by Crippen LogP contribution is -2.20. The molecule has 1 heterocycles. The molecule has 0 amide bonds. The van der Waals surface area contributed by atoms with Crippen LogP contribution in [0, 0.1) is 6.92 Å². The minimum absolute atomic E-state index is 0.318. The van der Waals surface area contributed by atoms with E-state index in [9.17, 15) is 0 Å². The minimum atomic E-state index is 0.318. The van der Waals surface area contributed by atoms with E-state index in [1.54, 1.807) is 0 Å². The Hall–Kier alpha value is -2.16. The van der Waals surface area contributed by atoms with Gasteiger partial charge in [0.1, 0.15) is 5.75 Å². The summed E-state index contributed by atoms with van der Waals surface area (Å²) in [4.78, 5) is 2.13. The molecular formula is C18H22N2O. The van der Waals surface area contributed by atoms with Gasteiger partial charge in [0.05, 0.1) is 12.6 Å². The molecule has 3 heteroatoms. The van der Waals surface area contributed by atoms with E-state index in [0.717, 1.165) is 18.8 Å². The van der Waals surface area contributed by atoms with Gasteiger partial charge in [-0.2, -0.15) is 0 Å².